The van der Waals surface area contributed by atoms with Crippen LogP contribution in [0.15, 0.2) is 29.7 Å². The number of nitrogens with zero attached hydrogens (tertiary/aromatic N) is 2. The summed E-state index contributed by atoms with van der Waals surface area (Å²) in [6, 6.07) is 6.64. The molecule has 1 atom stereocenters. The Balaban J connectivity index is 1.55. The summed E-state index contributed by atoms with van der Waals surface area (Å²) in [6.45, 7) is 6.83. The Labute approximate surface area is 196 Å². The highest BCUT2D eigenvalue weighted by molar-refractivity contribution is 7.10. The predicted octanol–water partition coefficient (Wildman–Crippen LogP) is 6.67. The second-order valence-corrected chi connectivity index (χ2v) is 9.86. The number of thiazole rings is 1. The molecule has 0 bridgehead atoms. The van der Waals surface area contributed by atoms with Gasteiger partial charge in [-0.3, -0.25) is 4.79 Å². The molecule has 3 heterocycles. The van der Waals surface area contributed by atoms with Crippen molar-refractivity contribution >= 4 is 23.3 Å². The number of benzene rings is 1. The monoisotopic (exact) mass is 452 g/mol. The maximum atomic E-state index is 13.2. The third-order valence-corrected chi connectivity index (χ3v) is 7.76. The van der Waals surface area contributed by atoms with E-state index in [1.807, 2.05) is 0 Å². The van der Waals surface area contributed by atoms with Gasteiger partial charge in [-0.15, -0.1) is 11.3 Å². The minimum Gasteiger partial charge on any atom is -0.381 e. The summed E-state index contributed by atoms with van der Waals surface area (Å²) in [6.07, 6.45) is 12.4. The van der Waals surface area contributed by atoms with E-state index in [4.69, 9.17) is 9.72 Å². The Morgan fingerprint density at radius 1 is 1.22 bits per heavy atom. The number of likely N-dealkylation sites (tertiary alicyclic amines) is 1. The van der Waals surface area contributed by atoms with Crippen molar-refractivity contribution in [3.05, 3.63) is 45.8 Å². The molecule has 4 rings (SSSR count). The molecule has 1 amide bonds. The lowest BCUT2D eigenvalue weighted by atomic mass is 9.94. The van der Waals surface area contributed by atoms with Crippen LogP contribution in [0, 0.1) is 5.92 Å². The summed E-state index contributed by atoms with van der Waals surface area (Å²) < 4.78 is 5.47. The molecule has 5 heteroatoms. The van der Waals surface area contributed by atoms with Gasteiger partial charge < -0.3 is 9.64 Å². The van der Waals surface area contributed by atoms with Crippen LogP contribution in [0.4, 0.5) is 0 Å². The summed E-state index contributed by atoms with van der Waals surface area (Å²) in [7, 11) is 0. The SMILES string of the molecule is CC/C=C\c1cccc(-c2csc([C@@H]3CCCCN3C(=O)CC3CCOCC3)n2)c1CC. The first-order valence-corrected chi connectivity index (χ1v) is 13.2. The standard InChI is InChI=1S/C27H36N2O2S/c1-3-5-9-21-10-8-11-23(22(21)4-2)24-19-32-27(28-24)25-12-6-7-15-29(25)26(30)18-20-13-16-31-17-14-20/h5,8-11,19-20,25H,3-4,6-7,12-18H2,1-2H3/b9-5-/t25-/m0/s1. The molecule has 2 aliphatic rings. The summed E-state index contributed by atoms with van der Waals surface area (Å²) in [4.78, 5) is 20.4. The maximum absolute atomic E-state index is 13.2. The lowest BCUT2D eigenvalue weighted by Crippen LogP contribution is -2.39. The zero-order valence-electron chi connectivity index (χ0n) is 19.5. The van der Waals surface area contributed by atoms with Crippen LogP contribution < -0.4 is 0 Å². The highest BCUT2D eigenvalue weighted by Crippen LogP contribution is 2.37. The minimum atomic E-state index is 0.128. The van der Waals surface area contributed by atoms with E-state index in [0.717, 1.165) is 75.4 Å². The van der Waals surface area contributed by atoms with E-state index in [0.29, 0.717) is 18.2 Å². The number of carbonyl (C=O) groups is 1. The largest absolute Gasteiger partial charge is 0.381 e. The van der Waals surface area contributed by atoms with Crippen molar-refractivity contribution in [1.82, 2.24) is 9.88 Å². The van der Waals surface area contributed by atoms with E-state index in [9.17, 15) is 4.79 Å². The van der Waals surface area contributed by atoms with Gasteiger partial charge in [-0.2, -0.15) is 0 Å². The molecular weight excluding hydrogens is 416 g/mol. The number of piperidine rings is 1. The quantitative estimate of drug-likeness (QED) is 0.471. The fourth-order valence-electron chi connectivity index (χ4n) is 5.01. The summed E-state index contributed by atoms with van der Waals surface area (Å²) >= 11 is 1.72. The topological polar surface area (TPSA) is 42.4 Å². The Bertz CT molecular complexity index is 929. The van der Waals surface area contributed by atoms with Crippen molar-refractivity contribution < 1.29 is 9.53 Å². The molecule has 0 aliphatic carbocycles. The second-order valence-electron chi connectivity index (χ2n) is 8.97. The van der Waals surface area contributed by atoms with Crippen LogP contribution in [0.5, 0.6) is 0 Å². The highest BCUT2D eigenvalue weighted by atomic mass is 32.1. The summed E-state index contributed by atoms with van der Waals surface area (Å²) in [5.74, 6) is 0.774. The molecule has 32 heavy (non-hydrogen) atoms. The number of hydrogen-bond donors (Lipinski definition) is 0. The van der Waals surface area contributed by atoms with Gasteiger partial charge in [-0.05, 0) is 62.0 Å². The normalized spacial score (nSPS) is 20.2. The molecule has 4 nitrogen and oxygen atoms in total. The highest BCUT2D eigenvalue weighted by Gasteiger charge is 2.31. The molecule has 0 saturated carbocycles. The van der Waals surface area contributed by atoms with Gasteiger partial charge >= 0.3 is 0 Å². The molecule has 0 radical (unpaired) electrons. The fourth-order valence-corrected chi connectivity index (χ4v) is 5.97. The molecule has 2 aliphatic heterocycles. The Morgan fingerprint density at radius 2 is 2.06 bits per heavy atom. The van der Waals surface area contributed by atoms with Crippen molar-refractivity contribution in [3.8, 4) is 11.3 Å². The molecule has 2 aromatic rings. The first-order chi connectivity index (χ1) is 15.7. The van der Waals surface area contributed by atoms with Gasteiger partial charge in [0.2, 0.25) is 5.91 Å². The molecule has 172 valence electrons. The lowest BCUT2D eigenvalue weighted by Gasteiger charge is -2.36. The zero-order valence-corrected chi connectivity index (χ0v) is 20.3. The summed E-state index contributed by atoms with van der Waals surface area (Å²) in [5, 5.41) is 3.28. The van der Waals surface area contributed by atoms with E-state index in [1.165, 1.54) is 16.7 Å². The van der Waals surface area contributed by atoms with Crippen molar-refractivity contribution in [3.63, 3.8) is 0 Å². The van der Waals surface area contributed by atoms with Crippen molar-refractivity contribution in [2.24, 2.45) is 5.92 Å². The first-order valence-electron chi connectivity index (χ1n) is 12.3. The Morgan fingerprint density at radius 3 is 2.84 bits per heavy atom. The number of rotatable bonds is 7. The molecule has 2 saturated heterocycles. The van der Waals surface area contributed by atoms with Crippen molar-refractivity contribution in [2.45, 2.75) is 71.3 Å². The maximum Gasteiger partial charge on any atom is 0.223 e. The molecule has 2 fully saturated rings. The van der Waals surface area contributed by atoms with E-state index < -0.39 is 0 Å². The number of ether oxygens (including phenoxy) is 1. The van der Waals surface area contributed by atoms with Crippen LogP contribution >= 0.6 is 11.3 Å². The number of amides is 1. The predicted molar refractivity (Wildman–Crippen MR) is 133 cm³/mol. The molecule has 0 unspecified atom stereocenters. The van der Waals surface area contributed by atoms with Gasteiger partial charge in [0.25, 0.3) is 0 Å². The van der Waals surface area contributed by atoms with E-state index >= 15 is 0 Å². The molecule has 1 aromatic heterocycles. The average molecular weight is 453 g/mol. The van der Waals surface area contributed by atoms with Gasteiger partial charge in [-0.1, -0.05) is 44.2 Å². The fraction of sp³-hybridized carbons (Fsp3) is 0.556. The van der Waals surface area contributed by atoms with Crippen molar-refractivity contribution in [1.29, 1.82) is 0 Å². The smallest absolute Gasteiger partial charge is 0.223 e. The average Bonchev–Trinajstić information content (AvgIpc) is 3.33. The Kier molecular flexibility index (Phi) is 8.15. The van der Waals surface area contributed by atoms with Crippen LogP contribution in [-0.4, -0.2) is 35.5 Å². The number of aromatic nitrogens is 1. The van der Waals surface area contributed by atoms with Gasteiger partial charge in [0.1, 0.15) is 5.01 Å². The Hall–Kier alpha value is -1.98. The third kappa shape index (κ3) is 5.32. The zero-order chi connectivity index (χ0) is 22.3. The number of carbonyl (C=O) groups excluding carboxylic acids is 1. The third-order valence-electron chi connectivity index (χ3n) is 6.81. The van der Waals surface area contributed by atoms with E-state index in [2.05, 4.69) is 54.5 Å². The van der Waals surface area contributed by atoms with Gasteiger partial charge in [0.05, 0.1) is 11.7 Å². The molecule has 0 N–H and O–H groups in total. The lowest BCUT2D eigenvalue weighted by molar-refractivity contribution is -0.136. The number of allylic oxidation sites excluding steroid dienone is 1. The van der Waals surface area contributed by atoms with Gasteiger partial charge in [-0.25, -0.2) is 4.98 Å². The van der Waals surface area contributed by atoms with Crippen LogP contribution in [0.2, 0.25) is 0 Å². The molecular formula is C27H36N2O2S. The summed E-state index contributed by atoms with van der Waals surface area (Å²) in [5.41, 5.74) is 4.91. The number of hydrogen-bond acceptors (Lipinski definition) is 4. The van der Waals surface area contributed by atoms with Crippen LogP contribution in [-0.2, 0) is 16.0 Å². The van der Waals surface area contributed by atoms with Crippen molar-refractivity contribution in [2.75, 3.05) is 19.8 Å². The van der Waals surface area contributed by atoms with Crippen LogP contribution in [0.25, 0.3) is 17.3 Å². The van der Waals surface area contributed by atoms with E-state index in [1.54, 1.807) is 11.3 Å². The second kappa shape index (κ2) is 11.2. The molecule has 0 spiro atoms. The van der Waals surface area contributed by atoms with E-state index in [-0.39, 0.29) is 6.04 Å². The van der Waals surface area contributed by atoms with Crippen LogP contribution in [0.1, 0.15) is 81.0 Å². The van der Waals surface area contributed by atoms with Gasteiger partial charge in [0.15, 0.2) is 0 Å². The van der Waals surface area contributed by atoms with Gasteiger partial charge in [0, 0.05) is 37.1 Å². The minimum absolute atomic E-state index is 0.128. The van der Waals surface area contributed by atoms with Crippen LogP contribution in [0.3, 0.4) is 0 Å². The molecule has 1 aromatic carbocycles. The first kappa shape index (κ1) is 23.2.